The topological polar surface area (TPSA) is 67.2 Å². The lowest BCUT2D eigenvalue weighted by atomic mass is 9.85. The van der Waals surface area contributed by atoms with E-state index < -0.39 is 0 Å². The molecule has 5 nitrogen and oxygen atoms in total. The number of nitrogens with one attached hydrogen (secondary N) is 1. The van der Waals surface area contributed by atoms with Crippen LogP contribution in [-0.4, -0.2) is 33.4 Å². The number of hydrogen-bond donors (Lipinski definition) is 2. The lowest BCUT2D eigenvalue weighted by Crippen LogP contribution is -2.44. The van der Waals surface area contributed by atoms with Gasteiger partial charge in [-0.05, 0) is 11.8 Å². The maximum atomic E-state index is 11.9. The van der Waals surface area contributed by atoms with E-state index in [1.54, 1.807) is 17.9 Å². The molecule has 0 radical (unpaired) electrons. The smallest absolute Gasteiger partial charge is 0.254 e. The average molecular weight is 239 g/mol. The van der Waals surface area contributed by atoms with Gasteiger partial charge in [0.05, 0.1) is 11.8 Å². The van der Waals surface area contributed by atoms with Crippen LogP contribution in [0.25, 0.3) is 0 Å². The van der Waals surface area contributed by atoms with Crippen molar-refractivity contribution in [2.24, 2.45) is 12.5 Å². The standard InChI is InChI=1S/C12H21N3O2/c1-12(2,3)10(5-6-16)14-11(17)9-7-13-15(4)8-9/h7-8,10,16H,5-6H2,1-4H3,(H,14,17). The first-order valence-electron chi connectivity index (χ1n) is 5.75. The van der Waals surface area contributed by atoms with Gasteiger partial charge in [-0.3, -0.25) is 9.48 Å². The summed E-state index contributed by atoms with van der Waals surface area (Å²) >= 11 is 0. The lowest BCUT2D eigenvalue weighted by molar-refractivity contribution is 0.0885. The van der Waals surface area contributed by atoms with Gasteiger partial charge in [0.2, 0.25) is 0 Å². The van der Waals surface area contributed by atoms with Crippen molar-refractivity contribution in [3.8, 4) is 0 Å². The molecule has 1 aromatic heterocycles. The maximum Gasteiger partial charge on any atom is 0.254 e. The van der Waals surface area contributed by atoms with Crippen molar-refractivity contribution in [3.63, 3.8) is 0 Å². The van der Waals surface area contributed by atoms with E-state index in [-0.39, 0.29) is 24.0 Å². The second kappa shape index (κ2) is 5.31. The summed E-state index contributed by atoms with van der Waals surface area (Å²) in [5, 5.41) is 15.9. The van der Waals surface area contributed by atoms with Gasteiger partial charge in [-0.25, -0.2) is 0 Å². The van der Waals surface area contributed by atoms with Crippen LogP contribution >= 0.6 is 0 Å². The Morgan fingerprint density at radius 1 is 1.59 bits per heavy atom. The second-order valence-electron chi connectivity index (χ2n) is 5.31. The molecule has 0 aliphatic heterocycles. The maximum absolute atomic E-state index is 11.9. The number of carbonyl (C=O) groups is 1. The summed E-state index contributed by atoms with van der Waals surface area (Å²) in [4.78, 5) is 11.9. The zero-order chi connectivity index (χ0) is 13.1. The number of amides is 1. The predicted molar refractivity (Wildman–Crippen MR) is 65.6 cm³/mol. The summed E-state index contributed by atoms with van der Waals surface area (Å²) in [5.74, 6) is -0.147. The minimum absolute atomic E-state index is 0.0554. The SMILES string of the molecule is Cn1cc(C(=O)NC(CCO)C(C)(C)C)cn1. The van der Waals surface area contributed by atoms with Crippen molar-refractivity contribution in [1.82, 2.24) is 15.1 Å². The monoisotopic (exact) mass is 239 g/mol. The summed E-state index contributed by atoms with van der Waals surface area (Å²) < 4.78 is 1.59. The third-order valence-electron chi connectivity index (χ3n) is 2.74. The molecule has 1 aromatic rings. The van der Waals surface area contributed by atoms with Crippen molar-refractivity contribution < 1.29 is 9.90 Å². The first-order valence-corrected chi connectivity index (χ1v) is 5.75. The van der Waals surface area contributed by atoms with Crippen LogP contribution in [0.15, 0.2) is 12.4 Å². The highest BCUT2D eigenvalue weighted by atomic mass is 16.3. The van der Waals surface area contributed by atoms with E-state index in [9.17, 15) is 4.79 Å². The number of hydrogen-bond acceptors (Lipinski definition) is 3. The molecule has 0 aromatic carbocycles. The summed E-state index contributed by atoms with van der Waals surface area (Å²) in [6.07, 6.45) is 3.76. The number of nitrogens with zero attached hydrogens (tertiary/aromatic N) is 2. The molecule has 96 valence electrons. The fourth-order valence-corrected chi connectivity index (χ4v) is 1.63. The van der Waals surface area contributed by atoms with Crippen LogP contribution in [0.2, 0.25) is 0 Å². The van der Waals surface area contributed by atoms with E-state index >= 15 is 0 Å². The Kier molecular flexibility index (Phi) is 4.28. The van der Waals surface area contributed by atoms with Crippen molar-refractivity contribution >= 4 is 5.91 Å². The molecule has 1 unspecified atom stereocenters. The normalized spacial score (nSPS) is 13.5. The Morgan fingerprint density at radius 2 is 2.24 bits per heavy atom. The van der Waals surface area contributed by atoms with Gasteiger partial charge in [0.15, 0.2) is 0 Å². The summed E-state index contributed by atoms with van der Waals surface area (Å²) in [6, 6.07) is -0.0554. The minimum Gasteiger partial charge on any atom is -0.396 e. The molecule has 0 bridgehead atoms. The molecule has 1 atom stereocenters. The van der Waals surface area contributed by atoms with E-state index in [4.69, 9.17) is 5.11 Å². The molecule has 0 saturated heterocycles. The molecule has 17 heavy (non-hydrogen) atoms. The predicted octanol–water partition coefficient (Wildman–Crippen LogP) is 0.947. The van der Waals surface area contributed by atoms with E-state index in [0.717, 1.165) is 0 Å². The van der Waals surface area contributed by atoms with Gasteiger partial charge >= 0.3 is 0 Å². The Bertz CT molecular complexity index is 379. The van der Waals surface area contributed by atoms with Crippen LogP contribution in [-0.2, 0) is 7.05 Å². The zero-order valence-electron chi connectivity index (χ0n) is 10.9. The largest absolute Gasteiger partial charge is 0.396 e. The highest BCUT2D eigenvalue weighted by Gasteiger charge is 2.26. The van der Waals surface area contributed by atoms with Crippen LogP contribution in [0.1, 0.15) is 37.6 Å². The van der Waals surface area contributed by atoms with Crippen molar-refractivity contribution in [2.45, 2.75) is 33.2 Å². The molecule has 0 aliphatic rings. The Morgan fingerprint density at radius 3 is 2.65 bits per heavy atom. The molecule has 0 spiro atoms. The molecule has 0 fully saturated rings. The van der Waals surface area contributed by atoms with Gasteiger partial charge in [0.1, 0.15) is 0 Å². The number of aryl methyl sites for hydroxylation is 1. The van der Waals surface area contributed by atoms with Gasteiger partial charge < -0.3 is 10.4 Å². The molecule has 1 heterocycles. The first kappa shape index (κ1) is 13.7. The van der Waals surface area contributed by atoms with Crippen LogP contribution in [0.3, 0.4) is 0 Å². The molecule has 1 amide bonds. The van der Waals surface area contributed by atoms with Crippen LogP contribution in [0, 0.1) is 5.41 Å². The van der Waals surface area contributed by atoms with Gasteiger partial charge in [-0.2, -0.15) is 5.10 Å². The van der Waals surface area contributed by atoms with Crippen LogP contribution in [0.5, 0.6) is 0 Å². The third-order valence-corrected chi connectivity index (χ3v) is 2.74. The molecule has 0 saturated carbocycles. The van der Waals surface area contributed by atoms with Crippen molar-refractivity contribution in [1.29, 1.82) is 0 Å². The fourth-order valence-electron chi connectivity index (χ4n) is 1.63. The number of aliphatic hydroxyl groups is 1. The number of aliphatic hydroxyl groups excluding tert-OH is 1. The Labute approximate surface area is 102 Å². The molecular formula is C12H21N3O2. The van der Waals surface area contributed by atoms with E-state index in [1.165, 1.54) is 6.20 Å². The third kappa shape index (κ3) is 3.85. The highest BCUT2D eigenvalue weighted by molar-refractivity contribution is 5.93. The van der Waals surface area contributed by atoms with Gasteiger partial charge in [0.25, 0.3) is 5.91 Å². The lowest BCUT2D eigenvalue weighted by Gasteiger charge is -2.30. The summed E-state index contributed by atoms with van der Waals surface area (Å²) in [6.45, 7) is 6.18. The van der Waals surface area contributed by atoms with Gasteiger partial charge in [-0.15, -0.1) is 0 Å². The number of carbonyl (C=O) groups excluding carboxylic acids is 1. The fraction of sp³-hybridized carbons (Fsp3) is 0.667. The molecule has 1 rings (SSSR count). The minimum atomic E-state index is -0.147. The van der Waals surface area contributed by atoms with Gasteiger partial charge in [0, 0.05) is 25.9 Å². The molecular weight excluding hydrogens is 218 g/mol. The first-order chi connectivity index (χ1) is 7.84. The quantitative estimate of drug-likeness (QED) is 0.822. The second-order valence-corrected chi connectivity index (χ2v) is 5.31. The van der Waals surface area contributed by atoms with E-state index in [2.05, 4.69) is 10.4 Å². The average Bonchev–Trinajstić information content (AvgIpc) is 2.62. The Balaban J connectivity index is 2.71. The van der Waals surface area contributed by atoms with Crippen LogP contribution in [0.4, 0.5) is 0 Å². The van der Waals surface area contributed by atoms with E-state index in [0.29, 0.717) is 12.0 Å². The molecule has 0 aliphatic carbocycles. The van der Waals surface area contributed by atoms with E-state index in [1.807, 2.05) is 20.8 Å². The number of aromatic nitrogens is 2. The highest BCUT2D eigenvalue weighted by Crippen LogP contribution is 2.21. The van der Waals surface area contributed by atoms with Crippen molar-refractivity contribution in [3.05, 3.63) is 18.0 Å². The number of rotatable bonds is 4. The summed E-state index contributed by atoms with van der Waals surface area (Å²) in [7, 11) is 1.77. The summed E-state index contributed by atoms with van der Waals surface area (Å²) in [5.41, 5.74) is 0.459. The molecule has 5 heteroatoms. The van der Waals surface area contributed by atoms with Crippen molar-refractivity contribution in [2.75, 3.05) is 6.61 Å². The molecule has 2 N–H and O–H groups in total. The zero-order valence-corrected chi connectivity index (χ0v) is 10.9. The van der Waals surface area contributed by atoms with Gasteiger partial charge in [-0.1, -0.05) is 20.8 Å². The van der Waals surface area contributed by atoms with Crippen LogP contribution < -0.4 is 5.32 Å². The Hall–Kier alpha value is -1.36.